The highest BCUT2D eigenvalue weighted by molar-refractivity contribution is 9.10. The van der Waals surface area contributed by atoms with E-state index in [0.29, 0.717) is 10.8 Å². The van der Waals surface area contributed by atoms with E-state index in [-0.39, 0.29) is 18.6 Å². The zero-order valence-electron chi connectivity index (χ0n) is 11.5. The van der Waals surface area contributed by atoms with E-state index >= 15 is 0 Å². The van der Waals surface area contributed by atoms with Gasteiger partial charge >= 0.3 is 0 Å². The van der Waals surface area contributed by atoms with E-state index in [1.54, 1.807) is 18.2 Å². The van der Waals surface area contributed by atoms with E-state index in [1.807, 2.05) is 37.3 Å². The molecule has 0 radical (unpaired) electrons. The van der Waals surface area contributed by atoms with Gasteiger partial charge < -0.3 is 10.1 Å². The number of hydrogen-bond donors (Lipinski definition) is 1. The van der Waals surface area contributed by atoms with Crippen molar-refractivity contribution in [2.75, 3.05) is 6.61 Å². The molecule has 1 atom stereocenters. The molecule has 1 unspecified atom stereocenters. The molecule has 0 heterocycles. The quantitative estimate of drug-likeness (QED) is 0.851. The first-order valence-electron chi connectivity index (χ1n) is 6.48. The fraction of sp³-hybridized carbons (Fsp3) is 0.188. The summed E-state index contributed by atoms with van der Waals surface area (Å²) in [5.41, 5.74) is 0.958. The largest absolute Gasteiger partial charge is 0.484 e. The van der Waals surface area contributed by atoms with Crippen LogP contribution in [0.2, 0.25) is 5.02 Å². The third kappa shape index (κ3) is 5.06. The standard InChI is InChI=1S/C16H15BrClNO2/c1-11(12-3-2-4-14(18)9-12)19-16(20)10-21-15-7-5-13(17)6-8-15/h2-9,11H,10H2,1H3,(H,19,20). The molecule has 2 rings (SSSR count). The molecule has 0 aliphatic heterocycles. The summed E-state index contributed by atoms with van der Waals surface area (Å²) in [6.07, 6.45) is 0. The van der Waals surface area contributed by atoms with Crippen LogP contribution in [-0.2, 0) is 4.79 Å². The predicted molar refractivity (Wildman–Crippen MR) is 87.6 cm³/mol. The van der Waals surface area contributed by atoms with Gasteiger partial charge in [0.1, 0.15) is 5.75 Å². The lowest BCUT2D eigenvalue weighted by atomic mass is 10.1. The Balaban J connectivity index is 1.85. The Bertz CT molecular complexity index is 616. The maximum absolute atomic E-state index is 11.9. The summed E-state index contributed by atoms with van der Waals surface area (Å²) in [6, 6.07) is 14.6. The Labute approximate surface area is 137 Å². The minimum atomic E-state index is -0.176. The molecule has 3 nitrogen and oxygen atoms in total. The molecule has 1 amide bonds. The van der Waals surface area contributed by atoms with Gasteiger partial charge in [-0.1, -0.05) is 39.7 Å². The summed E-state index contributed by atoms with van der Waals surface area (Å²) in [5, 5.41) is 3.53. The van der Waals surface area contributed by atoms with Crippen LogP contribution in [0.1, 0.15) is 18.5 Å². The Hall–Kier alpha value is -1.52. The number of nitrogens with one attached hydrogen (secondary N) is 1. The first kappa shape index (κ1) is 15.9. The summed E-state index contributed by atoms with van der Waals surface area (Å²) >= 11 is 9.28. The maximum Gasteiger partial charge on any atom is 0.258 e. The zero-order valence-corrected chi connectivity index (χ0v) is 13.8. The second-order valence-electron chi connectivity index (χ2n) is 4.59. The summed E-state index contributed by atoms with van der Waals surface area (Å²) in [5.74, 6) is 0.481. The highest BCUT2D eigenvalue weighted by Crippen LogP contribution is 2.18. The SMILES string of the molecule is CC(NC(=O)COc1ccc(Br)cc1)c1cccc(Cl)c1. The molecule has 5 heteroatoms. The van der Waals surface area contributed by atoms with Crippen LogP contribution in [0.4, 0.5) is 0 Å². The van der Waals surface area contributed by atoms with Gasteiger partial charge in [-0.15, -0.1) is 0 Å². The van der Waals surface area contributed by atoms with Crippen molar-refractivity contribution in [3.8, 4) is 5.75 Å². The van der Waals surface area contributed by atoms with Crippen LogP contribution < -0.4 is 10.1 Å². The molecule has 2 aromatic rings. The molecular weight excluding hydrogens is 354 g/mol. The fourth-order valence-electron chi connectivity index (χ4n) is 1.82. The van der Waals surface area contributed by atoms with Gasteiger partial charge in [0.15, 0.2) is 6.61 Å². The van der Waals surface area contributed by atoms with Crippen molar-refractivity contribution in [1.29, 1.82) is 0 Å². The average Bonchev–Trinajstić information content (AvgIpc) is 2.46. The van der Waals surface area contributed by atoms with Gasteiger partial charge in [0.25, 0.3) is 5.91 Å². The third-order valence-corrected chi connectivity index (χ3v) is 3.67. The fourth-order valence-corrected chi connectivity index (χ4v) is 2.29. The number of carbonyl (C=O) groups is 1. The second kappa shape index (κ2) is 7.48. The third-order valence-electron chi connectivity index (χ3n) is 2.91. The van der Waals surface area contributed by atoms with Crippen molar-refractivity contribution in [1.82, 2.24) is 5.32 Å². The van der Waals surface area contributed by atoms with Gasteiger partial charge in [-0.2, -0.15) is 0 Å². The molecule has 1 N–H and O–H groups in total. The molecular formula is C16H15BrClNO2. The van der Waals surface area contributed by atoms with Crippen LogP contribution in [0.5, 0.6) is 5.75 Å². The number of carbonyl (C=O) groups excluding carboxylic acids is 1. The highest BCUT2D eigenvalue weighted by Gasteiger charge is 2.10. The monoisotopic (exact) mass is 367 g/mol. The number of halogens is 2. The van der Waals surface area contributed by atoms with Crippen molar-refractivity contribution < 1.29 is 9.53 Å². The summed E-state index contributed by atoms with van der Waals surface area (Å²) in [7, 11) is 0. The summed E-state index contributed by atoms with van der Waals surface area (Å²) < 4.78 is 6.39. The molecule has 2 aromatic carbocycles. The number of rotatable bonds is 5. The lowest BCUT2D eigenvalue weighted by Crippen LogP contribution is -2.31. The second-order valence-corrected chi connectivity index (χ2v) is 5.94. The van der Waals surface area contributed by atoms with Crippen LogP contribution in [0.3, 0.4) is 0 Å². The highest BCUT2D eigenvalue weighted by atomic mass is 79.9. The van der Waals surface area contributed by atoms with Crippen molar-refractivity contribution in [3.05, 3.63) is 63.6 Å². The summed E-state index contributed by atoms with van der Waals surface area (Å²) in [4.78, 5) is 11.9. The van der Waals surface area contributed by atoms with E-state index < -0.39 is 0 Å². The van der Waals surface area contributed by atoms with Crippen LogP contribution in [0.15, 0.2) is 53.0 Å². The number of hydrogen-bond acceptors (Lipinski definition) is 2. The van der Waals surface area contributed by atoms with Crippen molar-refractivity contribution in [3.63, 3.8) is 0 Å². The number of ether oxygens (including phenoxy) is 1. The van der Waals surface area contributed by atoms with Crippen molar-refractivity contribution >= 4 is 33.4 Å². The van der Waals surface area contributed by atoms with Crippen LogP contribution in [0, 0.1) is 0 Å². The average molecular weight is 369 g/mol. The molecule has 110 valence electrons. The molecule has 0 aliphatic carbocycles. The van der Waals surface area contributed by atoms with Crippen LogP contribution >= 0.6 is 27.5 Å². The first-order valence-corrected chi connectivity index (χ1v) is 7.65. The lowest BCUT2D eigenvalue weighted by Gasteiger charge is -2.15. The van der Waals surface area contributed by atoms with Crippen molar-refractivity contribution in [2.24, 2.45) is 0 Å². The van der Waals surface area contributed by atoms with Gasteiger partial charge in [0, 0.05) is 9.50 Å². The zero-order chi connectivity index (χ0) is 15.2. The topological polar surface area (TPSA) is 38.3 Å². The van der Waals surface area contributed by atoms with Gasteiger partial charge in [-0.3, -0.25) is 4.79 Å². The minimum Gasteiger partial charge on any atom is -0.484 e. The van der Waals surface area contributed by atoms with E-state index in [9.17, 15) is 4.79 Å². The van der Waals surface area contributed by atoms with Gasteiger partial charge in [-0.25, -0.2) is 0 Å². The van der Waals surface area contributed by atoms with E-state index in [4.69, 9.17) is 16.3 Å². The molecule has 0 fully saturated rings. The van der Waals surface area contributed by atoms with Gasteiger partial charge in [0.2, 0.25) is 0 Å². The smallest absolute Gasteiger partial charge is 0.258 e. The maximum atomic E-state index is 11.9. The Morgan fingerprint density at radius 2 is 2.00 bits per heavy atom. The van der Waals surface area contributed by atoms with Crippen LogP contribution in [0.25, 0.3) is 0 Å². The molecule has 0 saturated heterocycles. The molecule has 0 aliphatic rings. The first-order chi connectivity index (χ1) is 10.0. The number of benzene rings is 2. The lowest BCUT2D eigenvalue weighted by molar-refractivity contribution is -0.123. The van der Waals surface area contributed by atoms with Gasteiger partial charge in [0.05, 0.1) is 6.04 Å². The predicted octanol–water partition coefficient (Wildman–Crippen LogP) is 4.36. The van der Waals surface area contributed by atoms with E-state index in [1.165, 1.54) is 0 Å². The molecule has 0 saturated carbocycles. The van der Waals surface area contributed by atoms with Crippen molar-refractivity contribution in [2.45, 2.75) is 13.0 Å². The molecule has 21 heavy (non-hydrogen) atoms. The Morgan fingerprint density at radius 3 is 2.67 bits per heavy atom. The Morgan fingerprint density at radius 1 is 1.29 bits per heavy atom. The van der Waals surface area contributed by atoms with E-state index in [0.717, 1.165) is 10.0 Å². The van der Waals surface area contributed by atoms with Gasteiger partial charge in [-0.05, 0) is 48.9 Å². The minimum absolute atomic E-state index is 0.0213. The van der Waals surface area contributed by atoms with Crippen LogP contribution in [-0.4, -0.2) is 12.5 Å². The molecule has 0 aromatic heterocycles. The molecule has 0 spiro atoms. The number of amides is 1. The Kier molecular flexibility index (Phi) is 5.65. The summed E-state index contributed by atoms with van der Waals surface area (Å²) in [6.45, 7) is 1.88. The molecule has 0 bridgehead atoms. The normalized spacial score (nSPS) is 11.8. The van der Waals surface area contributed by atoms with E-state index in [2.05, 4.69) is 21.2 Å².